The quantitative estimate of drug-likeness (QED) is 0.460. The number of hydrogen-bond acceptors (Lipinski definition) is 5. The van der Waals surface area contributed by atoms with E-state index in [2.05, 4.69) is 5.32 Å². The lowest BCUT2D eigenvalue weighted by Crippen LogP contribution is -2.57. The third kappa shape index (κ3) is 5.87. The van der Waals surface area contributed by atoms with E-state index in [4.69, 9.17) is 21.3 Å². The Kier molecular flexibility index (Phi) is 4.50. The van der Waals surface area contributed by atoms with Crippen LogP contribution in [0, 0.1) is 0 Å². The van der Waals surface area contributed by atoms with Crippen LogP contribution >= 0.6 is 0 Å². The Bertz CT molecular complexity index is 247. The second kappa shape index (κ2) is 4.94. The van der Waals surface area contributed by atoms with Gasteiger partial charge in [0.05, 0.1) is 6.17 Å². The molecule has 0 unspecified atom stereocenters. The molecule has 15 heavy (non-hydrogen) atoms. The number of amides is 1. The Hall–Kier alpha value is -1.34. The van der Waals surface area contributed by atoms with Crippen LogP contribution in [0.15, 0.2) is 0 Å². The van der Waals surface area contributed by atoms with Crippen LogP contribution in [-0.2, 0) is 9.53 Å². The second-order valence-corrected chi connectivity index (χ2v) is 4.04. The Morgan fingerprint density at radius 2 is 1.80 bits per heavy atom. The summed E-state index contributed by atoms with van der Waals surface area (Å²) in [5.41, 5.74) is 9.65. The molecule has 1 atom stereocenters. The van der Waals surface area contributed by atoms with E-state index >= 15 is 0 Å². The maximum atomic E-state index is 11.2. The normalized spacial score (nSPS) is 13.5. The van der Waals surface area contributed by atoms with Crippen LogP contribution in [0.2, 0.25) is 0 Å². The summed E-state index contributed by atoms with van der Waals surface area (Å²) in [5, 5.41) is 10.7. The molecule has 0 aliphatic carbocycles. The first-order valence-electron chi connectivity index (χ1n) is 4.37. The van der Waals surface area contributed by atoms with E-state index in [0.717, 1.165) is 0 Å². The second-order valence-electron chi connectivity index (χ2n) is 4.04. The molecule has 0 aromatic heterocycles. The molecule has 0 aliphatic rings. The molecular formula is C8H17N3O4. The number of carboxylic acids is 1. The fourth-order valence-corrected chi connectivity index (χ4v) is 0.757. The van der Waals surface area contributed by atoms with Crippen LogP contribution in [0.3, 0.4) is 0 Å². The van der Waals surface area contributed by atoms with Crippen LogP contribution in [-0.4, -0.2) is 35.0 Å². The molecule has 0 rings (SSSR count). The minimum absolute atomic E-state index is 0.703. The number of carboxylic acid groups (broad SMARTS) is 1. The van der Waals surface area contributed by atoms with E-state index in [0.29, 0.717) is 0 Å². The lowest BCUT2D eigenvalue weighted by molar-refractivity contribution is -0.140. The number of nitrogens with two attached hydrogens (primary N) is 2. The van der Waals surface area contributed by atoms with Gasteiger partial charge in [0, 0.05) is 0 Å². The van der Waals surface area contributed by atoms with Gasteiger partial charge in [0.25, 0.3) is 0 Å². The van der Waals surface area contributed by atoms with E-state index in [1.54, 1.807) is 20.8 Å². The molecule has 0 spiro atoms. The lowest BCUT2D eigenvalue weighted by Gasteiger charge is -2.23. The van der Waals surface area contributed by atoms with Crippen LogP contribution in [0.1, 0.15) is 20.8 Å². The summed E-state index contributed by atoms with van der Waals surface area (Å²) in [6.07, 6.45) is -2.05. The first-order valence-corrected chi connectivity index (χ1v) is 4.37. The smallest absolute Gasteiger partial charge is 0.408 e. The van der Waals surface area contributed by atoms with Gasteiger partial charge in [0.1, 0.15) is 5.60 Å². The van der Waals surface area contributed by atoms with E-state index in [-0.39, 0.29) is 0 Å². The van der Waals surface area contributed by atoms with Crippen molar-refractivity contribution in [2.45, 2.75) is 38.6 Å². The molecule has 0 bridgehead atoms. The van der Waals surface area contributed by atoms with E-state index in [9.17, 15) is 9.59 Å². The van der Waals surface area contributed by atoms with Crippen molar-refractivity contribution in [3.8, 4) is 0 Å². The number of aliphatic carboxylic acids is 1. The number of rotatable bonds is 3. The van der Waals surface area contributed by atoms with Crippen molar-refractivity contribution < 1.29 is 19.4 Å². The number of carbonyl (C=O) groups excluding carboxylic acids is 1. The minimum Gasteiger partial charge on any atom is -0.480 e. The Labute approximate surface area is 87.8 Å². The SMILES string of the molecule is CC(C)(C)OC(=O)N[C@@H](C(=O)O)C(N)N. The van der Waals surface area contributed by atoms with Gasteiger partial charge in [-0.25, -0.2) is 9.59 Å². The highest BCUT2D eigenvalue weighted by atomic mass is 16.6. The van der Waals surface area contributed by atoms with Crippen LogP contribution < -0.4 is 16.8 Å². The van der Waals surface area contributed by atoms with Crippen LogP contribution in [0.4, 0.5) is 4.79 Å². The van der Waals surface area contributed by atoms with Crippen molar-refractivity contribution in [2.75, 3.05) is 0 Å². The van der Waals surface area contributed by atoms with Crippen molar-refractivity contribution in [1.82, 2.24) is 5.32 Å². The highest BCUT2D eigenvalue weighted by Gasteiger charge is 2.26. The van der Waals surface area contributed by atoms with Gasteiger partial charge in [-0.05, 0) is 20.8 Å². The highest BCUT2D eigenvalue weighted by Crippen LogP contribution is 2.06. The van der Waals surface area contributed by atoms with Gasteiger partial charge >= 0.3 is 12.1 Å². The summed E-state index contributed by atoms with van der Waals surface area (Å²) >= 11 is 0. The first kappa shape index (κ1) is 13.7. The van der Waals surface area contributed by atoms with Gasteiger partial charge in [-0.3, -0.25) is 0 Å². The molecule has 7 heteroatoms. The largest absolute Gasteiger partial charge is 0.480 e. The molecule has 0 saturated carbocycles. The molecule has 88 valence electrons. The molecule has 1 amide bonds. The Morgan fingerprint density at radius 3 is 2.07 bits per heavy atom. The maximum absolute atomic E-state index is 11.2. The van der Waals surface area contributed by atoms with Crippen molar-refractivity contribution in [3.05, 3.63) is 0 Å². The predicted molar refractivity (Wildman–Crippen MR) is 53.0 cm³/mol. The predicted octanol–water partition coefficient (Wildman–Crippen LogP) is -0.792. The van der Waals surface area contributed by atoms with Crippen molar-refractivity contribution in [3.63, 3.8) is 0 Å². The summed E-state index contributed by atoms with van der Waals surface area (Å²) < 4.78 is 4.84. The molecule has 0 aromatic rings. The van der Waals surface area contributed by atoms with Crippen LogP contribution in [0.25, 0.3) is 0 Å². The minimum atomic E-state index is -1.36. The number of hydrogen-bond donors (Lipinski definition) is 4. The number of carbonyl (C=O) groups is 2. The highest BCUT2D eigenvalue weighted by molar-refractivity contribution is 5.80. The summed E-state index contributed by atoms with van der Waals surface area (Å²) in [5.74, 6) is -1.31. The summed E-state index contributed by atoms with van der Waals surface area (Å²) in [6.45, 7) is 4.97. The number of ether oxygens (including phenoxy) is 1. The lowest BCUT2D eigenvalue weighted by atomic mass is 10.2. The molecular weight excluding hydrogens is 202 g/mol. The zero-order valence-electron chi connectivity index (χ0n) is 8.98. The maximum Gasteiger partial charge on any atom is 0.408 e. The topological polar surface area (TPSA) is 128 Å². The van der Waals surface area contributed by atoms with Crippen LogP contribution in [0.5, 0.6) is 0 Å². The van der Waals surface area contributed by atoms with Gasteiger partial charge in [-0.1, -0.05) is 0 Å². The Balaban J connectivity index is 4.31. The van der Waals surface area contributed by atoms with Gasteiger partial charge in [-0.15, -0.1) is 0 Å². The molecule has 0 aromatic carbocycles. The monoisotopic (exact) mass is 219 g/mol. The molecule has 0 aliphatic heterocycles. The van der Waals surface area contributed by atoms with Gasteiger partial charge in [-0.2, -0.15) is 0 Å². The van der Waals surface area contributed by atoms with Crippen molar-refractivity contribution >= 4 is 12.1 Å². The molecule has 0 heterocycles. The summed E-state index contributed by atoms with van der Waals surface area (Å²) in [4.78, 5) is 21.8. The summed E-state index contributed by atoms with van der Waals surface area (Å²) in [6, 6.07) is -1.36. The fourth-order valence-electron chi connectivity index (χ4n) is 0.757. The zero-order chi connectivity index (χ0) is 12.2. The van der Waals surface area contributed by atoms with Crippen molar-refractivity contribution in [2.24, 2.45) is 11.5 Å². The van der Waals surface area contributed by atoms with Crippen molar-refractivity contribution in [1.29, 1.82) is 0 Å². The molecule has 7 nitrogen and oxygen atoms in total. The van der Waals surface area contributed by atoms with Gasteiger partial charge in [0.15, 0.2) is 6.04 Å². The molecule has 0 saturated heterocycles. The van der Waals surface area contributed by atoms with E-state index < -0.39 is 29.9 Å². The zero-order valence-corrected chi connectivity index (χ0v) is 8.98. The fraction of sp³-hybridized carbons (Fsp3) is 0.750. The number of nitrogens with one attached hydrogen (secondary N) is 1. The third-order valence-electron chi connectivity index (χ3n) is 1.32. The van der Waals surface area contributed by atoms with Gasteiger partial charge in [0.2, 0.25) is 0 Å². The van der Waals surface area contributed by atoms with Gasteiger partial charge < -0.3 is 26.6 Å². The third-order valence-corrected chi connectivity index (χ3v) is 1.32. The van der Waals surface area contributed by atoms with E-state index in [1.807, 2.05) is 0 Å². The molecule has 6 N–H and O–H groups in total. The van der Waals surface area contributed by atoms with E-state index in [1.165, 1.54) is 0 Å². The standard InChI is InChI=1S/C8H17N3O4/c1-8(2,3)15-7(14)11-4(5(9)10)6(12)13/h4-5H,9-10H2,1-3H3,(H,11,14)(H,12,13)/t4-/m1/s1. The molecule has 0 radical (unpaired) electrons. The average Bonchev–Trinajstić information content (AvgIpc) is 1.95. The molecule has 0 fully saturated rings. The Morgan fingerprint density at radius 1 is 1.33 bits per heavy atom. The average molecular weight is 219 g/mol. The number of alkyl carbamates (subject to hydrolysis) is 1. The summed E-state index contributed by atoms with van der Waals surface area (Å²) in [7, 11) is 0. The first-order chi connectivity index (χ1) is 6.63.